The molecule has 1 heterocycles. The largest absolute Gasteiger partial charge is 0.496 e. The first-order valence-electron chi connectivity index (χ1n) is 10.5. The van der Waals surface area contributed by atoms with E-state index < -0.39 is 0 Å². The molecule has 0 radical (unpaired) electrons. The smallest absolute Gasteiger partial charge is 0.247 e. The number of amides is 1. The first-order valence-corrected chi connectivity index (χ1v) is 10.5. The highest BCUT2D eigenvalue weighted by molar-refractivity contribution is 5.95. The van der Waals surface area contributed by atoms with E-state index in [9.17, 15) is 4.79 Å². The molecule has 0 bridgehead atoms. The van der Waals surface area contributed by atoms with E-state index in [0.29, 0.717) is 6.54 Å². The number of morpholine rings is 1. The Morgan fingerprint density at radius 3 is 2.50 bits per heavy atom. The van der Waals surface area contributed by atoms with Crippen molar-refractivity contribution < 1.29 is 14.3 Å². The minimum Gasteiger partial charge on any atom is -0.496 e. The first kappa shape index (κ1) is 22.1. The molecule has 0 N–H and O–H groups in total. The number of carbonyl (C=O) groups is 1. The van der Waals surface area contributed by atoms with Crippen molar-refractivity contribution in [3.8, 4) is 5.75 Å². The fourth-order valence-electron chi connectivity index (χ4n) is 3.80. The van der Waals surface area contributed by atoms with E-state index in [1.807, 2.05) is 54.3 Å². The van der Waals surface area contributed by atoms with Gasteiger partial charge in [0, 0.05) is 43.9 Å². The van der Waals surface area contributed by atoms with Gasteiger partial charge in [-0.1, -0.05) is 48.5 Å². The molecule has 1 saturated heterocycles. The maximum absolute atomic E-state index is 13.4. The molecule has 1 fully saturated rings. The van der Waals surface area contributed by atoms with Crippen molar-refractivity contribution in [1.29, 1.82) is 0 Å². The van der Waals surface area contributed by atoms with E-state index >= 15 is 0 Å². The molecule has 1 unspecified atom stereocenters. The summed E-state index contributed by atoms with van der Waals surface area (Å²) in [6, 6.07) is 18.0. The lowest BCUT2D eigenvalue weighted by atomic mass is 10.1. The Labute approximate surface area is 179 Å². The van der Waals surface area contributed by atoms with Gasteiger partial charge in [0.25, 0.3) is 0 Å². The third-order valence-corrected chi connectivity index (χ3v) is 5.51. The zero-order valence-electron chi connectivity index (χ0n) is 18.2. The van der Waals surface area contributed by atoms with Crippen molar-refractivity contribution >= 4 is 11.5 Å². The minimum atomic E-state index is 0.0167. The molecule has 30 heavy (non-hydrogen) atoms. The lowest BCUT2D eigenvalue weighted by Crippen LogP contribution is -2.47. The number of hydrogen-bond donors (Lipinski definition) is 0. The van der Waals surface area contributed by atoms with E-state index in [-0.39, 0.29) is 11.9 Å². The molecule has 0 saturated carbocycles. The Balaban J connectivity index is 1.81. The fourth-order valence-corrected chi connectivity index (χ4v) is 3.80. The van der Waals surface area contributed by atoms with Crippen LogP contribution >= 0.6 is 0 Å². The Morgan fingerprint density at radius 2 is 1.80 bits per heavy atom. The van der Waals surface area contributed by atoms with Gasteiger partial charge in [0.15, 0.2) is 0 Å². The molecule has 1 atom stereocenters. The number of methoxy groups -OCH3 is 1. The maximum Gasteiger partial charge on any atom is 0.247 e. The predicted molar refractivity (Wildman–Crippen MR) is 120 cm³/mol. The Morgan fingerprint density at radius 1 is 1.13 bits per heavy atom. The molecule has 0 aliphatic carbocycles. The van der Waals surface area contributed by atoms with Crippen molar-refractivity contribution in [3.05, 3.63) is 71.8 Å². The quantitative estimate of drug-likeness (QED) is 0.623. The monoisotopic (exact) mass is 408 g/mol. The number of para-hydroxylation sites is 1. The van der Waals surface area contributed by atoms with Gasteiger partial charge >= 0.3 is 0 Å². The third kappa shape index (κ3) is 5.94. The molecule has 5 heteroatoms. The number of hydrogen-bond acceptors (Lipinski definition) is 4. The van der Waals surface area contributed by atoms with Crippen LogP contribution in [-0.2, 0) is 16.1 Å². The van der Waals surface area contributed by atoms with Crippen molar-refractivity contribution in [2.24, 2.45) is 0 Å². The zero-order valence-corrected chi connectivity index (χ0v) is 18.2. The summed E-state index contributed by atoms with van der Waals surface area (Å²) in [5.74, 6) is 0.790. The summed E-state index contributed by atoms with van der Waals surface area (Å²) in [4.78, 5) is 17.7. The van der Waals surface area contributed by atoms with Gasteiger partial charge in [-0.2, -0.15) is 0 Å². The number of carbonyl (C=O) groups excluding carboxylic acids is 1. The summed E-state index contributed by atoms with van der Waals surface area (Å²) in [5.41, 5.74) is 2.96. The van der Waals surface area contributed by atoms with Gasteiger partial charge in [-0.25, -0.2) is 0 Å². The summed E-state index contributed by atoms with van der Waals surface area (Å²) in [6.45, 7) is 8.84. The molecule has 2 aromatic rings. The van der Waals surface area contributed by atoms with Crippen LogP contribution in [0.1, 0.15) is 25.0 Å². The van der Waals surface area contributed by atoms with Crippen molar-refractivity contribution in [3.63, 3.8) is 0 Å². The summed E-state index contributed by atoms with van der Waals surface area (Å²) in [6.07, 6.45) is 1.73. The van der Waals surface area contributed by atoms with Crippen LogP contribution in [0.2, 0.25) is 0 Å². The molecule has 0 spiro atoms. The highest BCUT2D eigenvalue weighted by Gasteiger charge is 2.23. The number of benzene rings is 2. The highest BCUT2D eigenvalue weighted by atomic mass is 16.5. The van der Waals surface area contributed by atoms with Gasteiger partial charge in [0.2, 0.25) is 5.91 Å². The van der Waals surface area contributed by atoms with Gasteiger partial charge in [0.1, 0.15) is 5.75 Å². The van der Waals surface area contributed by atoms with E-state index in [0.717, 1.165) is 55.3 Å². The van der Waals surface area contributed by atoms with Crippen LogP contribution in [0.4, 0.5) is 0 Å². The Kier molecular flexibility index (Phi) is 8.05. The molecule has 5 nitrogen and oxygen atoms in total. The van der Waals surface area contributed by atoms with Crippen LogP contribution in [-0.4, -0.2) is 61.7 Å². The minimum absolute atomic E-state index is 0.0167. The lowest BCUT2D eigenvalue weighted by Gasteiger charge is -2.35. The number of allylic oxidation sites excluding steroid dienone is 1. The van der Waals surface area contributed by atoms with Gasteiger partial charge in [-0.3, -0.25) is 9.69 Å². The van der Waals surface area contributed by atoms with E-state index in [1.54, 1.807) is 13.2 Å². The molecule has 0 aromatic heterocycles. The van der Waals surface area contributed by atoms with E-state index in [2.05, 4.69) is 24.0 Å². The second-order valence-corrected chi connectivity index (χ2v) is 7.74. The molecular formula is C25H32N2O3. The topological polar surface area (TPSA) is 42.0 Å². The first-order chi connectivity index (χ1) is 14.6. The molecule has 1 aliphatic rings. The van der Waals surface area contributed by atoms with E-state index in [1.165, 1.54) is 0 Å². The molecular weight excluding hydrogens is 376 g/mol. The number of nitrogens with zero attached hydrogens (tertiary/aromatic N) is 2. The molecule has 1 amide bonds. The van der Waals surface area contributed by atoms with Crippen LogP contribution in [0.25, 0.3) is 5.57 Å². The molecule has 160 valence electrons. The lowest BCUT2D eigenvalue weighted by molar-refractivity contribution is -0.129. The van der Waals surface area contributed by atoms with Gasteiger partial charge in [-0.15, -0.1) is 0 Å². The average molecular weight is 409 g/mol. The maximum atomic E-state index is 13.4. The fraction of sp³-hybridized carbons (Fsp3) is 0.400. The summed E-state index contributed by atoms with van der Waals surface area (Å²) < 4.78 is 10.9. The summed E-state index contributed by atoms with van der Waals surface area (Å²) >= 11 is 0. The van der Waals surface area contributed by atoms with Gasteiger partial charge < -0.3 is 14.4 Å². The van der Waals surface area contributed by atoms with Crippen LogP contribution in [0, 0.1) is 0 Å². The van der Waals surface area contributed by atoms with Crippen molar-refractivity contribution in [1.82, 2.24) is 9.80 Å². The number of ether oxygens (including phenoxy) is 2. The molecule has 1 aliphatic heterocycles. The average Bonchev–Trinajstić information content (AvgIpc) is 2.78. The second kappa shape index (κ2) is 11.0. The molecule has 3 rings (SSSR count). The second-order valence-electron chi connectivity index (χ2n) is 7.74. The predicted octanol–water partition coefficient (Wildman–Crippen LogP) is 3.85. The van der Waals surface area contributed by atoms with Gasteiger partial charge in [0.05, 0.1) is 20.3 Å². The van der Waals surface area contributed by atoms with Crippen LogP contribution in [0.3, 0.4) is 0 Å². The standard InChI is InChI=1S/C25H32N2O3/c1-20(23-11-7-8-12-24(23)29-3)17-25(28)27(19-22-9-5-4-6-10-22)21(2)18-26-13-15-30-16-14-26/h4-12,17,21H,13-16,18-19H2,1-3H3. The SMILES string of the molecule is COc1ccccc1C(C)=CC(=O)N(Cc1ccccc1)C(C)CN1CCOCC1. The highest BCUT2D eigenvalue weighted by Crippen LogP contribution is 2.25. The van der Waals surface area contributed by atoms with Crippen LogP contribution in [0.15, 0.2) is 60.7 Å². The summed E-state index contributed by atoms with van der Waals surface area (Å²) in [5, 5.41) is 0. The Bertz CT molecular complexity index is 844. The van der Waals surface area contributed by atoms with E-state index in [4.69, 9.17) is 9.47 Å². The van der Waals surface area contributed by atoms with Crippen molar-refractivity contribution in [2.45, 2.75) is 26.4 Å². The third-order valence-electron chi connectivity index (χ3n) is 5.51. The van der Waals surface area contributed by atoms with Crippen molar-refractivity contribution in [2.75, 3.05) is 40.0 Å². The van der Waals surface area contributed by atoms with Crippen LogP contribution < -0.4 is 4.74 Å². The normalized spacial score (nSPS) is 16.2. The van der Waals surface area contributed by atoms with Crippen LogP contribution in [0.5, 0.6) is 5.75 Å². The molecule has 2 aromatic carbocycles. The summed E-state index contributed by atoms with van der Waals surface area (Å²) in [7, 11) is 1.65. The van der Waals surface area contributed by atoms with Gasteiger partial charge in [-0.05, 0) is 31.1 Å². The zero-order chi connectivity index (χ0) is 21.3. The number of rotatable bonds is 8. The Hall–Kier alpha value is -2.63.